The number of halogens is 1. The van der Waals surface area contributed by atoms with Gasteiger partial charge in [-0.2, -0.15) is 0 Å². The van der Waals surface area contributed by atoms with Gasteiger partial charge in [0, 0.05) is 11.0 Å². The summed E-state index contributed by atoms with van der Waals surface area (Å²) in [4.78, 5) is 25.1. The highest BCUT2D eigenvalue weighted by Crippen LogP contribution is 2.27. The van der Waals surface area contributed by atoms with Gasteiger partial charge in [0.2, 0.25) is 16.9 Å². The van der Waals surface area contributed by atoms with Crippen LogP contribution in [-0.4, -0.2) is 28.1 Å². The van der Waals surface area contributed by atoms with Gasteiger partial charge in [0.25, 0.3) is 0 Å². The van der Waals surface area contributed by atoms with E-state index in [-0.39, 0.29) is 23.5 Å². The predicted octanol–water partition coefficient (Wildman–Crippen LogP) is 3.86. The first kappa shape index (κ1) is 21.0. The van der Waals surface area contributed by atoms with Crippen molar-refractivity contribution in [1.82, 2.24) is 15.5 Å². The summed E-state index contributed by atoms with van der Waals surface area (Å²) in [6.07, 6.45) is 0.736. The van der Waals surface area contributed by atoms with E-state index in [4.69, 9.17) is 0 Å². The average molecular weight is 393 g/mol. The van der Waals surface area contributed by atoms with Crippen LogP contribution in [0.3, 0.4) is 0 Å². The van der Waals surface area contributed by atoms with Gasteiger partial charge in [-0.3, -0.25) is 14.9 Å². The van der Waals surface area contributed by atoms with Crippen LogP contribution in [0.15, 0.2) is 24.3 Å². The quantitative estimate of drug-likeness (QED) is 0.782. The van der Waals surface area contributed by atoms with E-state index in [0.717, 1.165) is 6.42 Å². The second-order valence-corrected chi connectivity index (χ2v) is 8.47. The van der Waals surface area contributed by atoms with E-state index in [0.29, 0.717) is 15.7 Å². The minimum atomic E-state index is -0.667. The van der Waals surface area contributed by atoms with Gasteiger partial charge < -0.3 is 5.32 Å². The molecule has 2 N–H and O–H groups in total. The highest BCUT2D eigenvalue weighted by Gasteiger charge is 2.31. The zero-order valence-corrected chi connectivity index (χ0v) is 17.0. The molecule has 0 aliphatic heterocycles. The molecule has 146 valence electrons. The Morgan fingerprint density at radius 3 is 2.37 bits per heavy atom. The molecule has 2 unspecified atom stereocenters. The molecule has 0 bridgehead atoms. The Kier molecular flexibility index (Phi) is 6.64. The van der Waals surface area contributed by atoms with Crippen molar-refractivity contribution in [2.24, 2.45) is 11.3 Å². The molecule has 6 nitrogen and oxygen atoms in total. The van der Waals surface area contributed by atoms with Crippen LogP contribution in [0.1, 0.15) is 41.0 Å². The van der Waals surface area contributed by atoms with Crippen molar-refractivity contribution in [1.29, 1.82) is 0 Å². The van der Waals surface area contributed by atoms with Gasteiger partial charge in [-0.25, -0.2) is 4.39 Å². The first-order valence-corrected chi connectivity index (χ1v) is 9.64. The maximum absolute atomic E-state index is 13.0. The zero-order valence-electron chi connectivity index (χ0n) is 16.2. The van der Waals surface area contributed by atoms with Gasteiger partial charge in [-0.05, 0) is 30.2 Å². The molecule has 0 radical (unpaired) electrons. The highest BCUT2D eigenvalue weighted by molar-refractivity contribution is 7.18. The summed E-state index contributed by atoms with van der Waals surface area (Å²) in [5.74, 6) is -0.889. The smallest absolute Gasteiger partial charge is 0.249 e. The minimum Gasteiger partial charge on any atom is -0.344 e. The molecular formula is C19H25FN4O2S. The summed E-state index contributed by atoms with van der Waals surface area (Å²) < 4.78 is 13.0. The maximum Gasteiger partial charge on any atom is 0.249 e. The number of carbonyl (C=O) groups is 2. The molecule has 8 heteroatoms. The van der Waals surface area contributed by atoms with Crippen molar-refractivity contribution < 1.29 is 14.0 Å². The molecule has 1 aromatic carbocycles. The lowest BCUT2D eigenvalue weighted by Crippen LogP contribution is -2.50. The SMILES string of the molecule is CCC(C)C(NC(=O)C(C)(C)C)C(=O)Nc1nnc(-c2ccc(F)cc2)s1. The molecule has 0 saturated heterocycles. The Hall–Kier alpha value is -2.35. The van der Waals surface area contributed by atoms with Crippen LogP contribution in [0, 0.1) is 17.2 Å². The van der Waals surface area contributed by atoms with Crippen LogP contribution < -0.4 is 10.6 Å². The molecule has 27 heavy (non-hydrogen) atoms. The van der Waals surface area contributed by atoms with Gasteiger partial charge in [0.1, 0.15) is 16.9 Å². The van der Waals surface area contributed by atoms with Crippen LogP contribution in [0.2, 0.25) is 0 Å². The molecule has 0 aliphatic rings. The predicted molar refractivity (Wildman–Crippen MR) is 105 cm³/mol. The number of hydrogen-bond donors (Lipinski definition) is 2. The van der Waals surface area contributed by atoms with Crippen LogP contribution in [0.4, 0.5) is 9.52 Å². The van der Waals surface area contributed by atoms with Gasteiger partial charge in [-0.1, -0.05) is 52.4 Å². The summed E-state index contributed by atoms with van der Waals surface area (Å²) in [6.45, 7) is 9.28. The van der Waals surface area contributed by atoms with E-state index in [1.807, 2.05) is 13.8 Å². The van der Waals surface area contributed by atoms with Crippen molar-refractivity contribution in [3.63, 3.8) is 0 Å². The van der Waals surface area contributed by atoms with Crippen molar-refractivity contribution in [3.8, 4) is 10.6 Å². The Balaban J connectivity index is 2.13. The van der Waals surface area contributed by atoms with Gasteiger partial charge in [-0.15, -0.1) is 10.2 Å². The highest BCUT2D eigenvalue weighted by atomic mass is 32.1. The Morgan fingerprint density at radius 1 is 1.19 bits per heavy atom. The average Bonchev–Trinajstić information content (AvgIpc) is 3.06. The van der Waals surface area contributed by atoms with Gasteiger partial charge >= 0.3 is 0 Å². The van der Waals surface area contributed by atoms with E-state index < -0.39 is 11.5 Å². The zero-order chi connectivity index (χ0) is 20.2. The third kappa shape index (κ3) is 5.56. The molecule has 0 fully saturated rings. The second-order valence-electron chi connectivity index (χ2n) is 7.50. The van der Waals surface area contributed by atoms with Gasteiger partial charge in [0.15, 0.2) is 0 Å². The van der Waals surface area contributed by atoms with Gasteiger partial charge in [0.05, 0.1) is 0 Å². The first-order chi connectivity index (χ1) is 12.6. The third-order valence-electron chi connectivity index (χ3n) is 4.21. The van der Waals surface area contributed by atoms with Crippen molar-refractivity contribution in [2.75, 3.05) is 5.32 Å². The minimum absolute atomic E-state index is 0.0409. The molecule has 2 rings (SSSR count). The largest absolute Gasteiger partial charge is 0.344 e. The summed E-state index contributed by atoms with van der Waals surface area (Å²) in [5.41, 5.74) is 0.124. The van der Waals surface area contributed by atoms with E-state index in [9.17, 15) is 14.0 Å². The summed E-state index contributed by atoms with van der Waals surface area (Å²) in [7, 11) is 0. The van der Waals surface area contributed by atoms with E-state index in [2.05, 4.69) is 20.8 Å². The second kappa shape index (κ2) is 8.56. The summed E-state index contributed by atoms with van der Waals surface area (Å²) in [5, 5.41) is 14.5. The van der Waals surface area contributed by atoms with Crippen molar-refractivity contribution in [2.45, 2.75) is 47.1 Å². The lowest BCUT2D eigenvalue weighted by molar-refractivity contribution is -0.132. The molecule has 1 aromatic heterocycles. The number of amides is 2. The lowest BCUT2D eigenvalue weighted by atomic mass is 9.92. The first-order valence-electron chi connectivity index (χ1n) is 8.83. The number of anilines is 1. The Morgan fingerprint density at radius 2 is 1.81 bits per heavy atom. The summed E-state index contributed by atoms with van der Waals surface area (Å²) >= 11 is 1.19. The van der Waals surface area contributed by atoms with E-state index in [1.165, 1.54) is 23.5 Å². The topological polar surface area (TPSA) is 84.0 Å². The number of benzene rings is 1. The van der Waals surface area contributed by atoms with E-state index in [1.54, 1.807) is 32.9 Å². The van der Waals surface area contributed by atoms with E-state index >= 15 is 0 Å². The normalized spacial score (nSPS) is 13.7. The fraction of sp³-hybridized carbons (Fsp3) is 0.474. The molecule has 0 saturated carbocycles. The number of aromatic nitrogens is 2. The fourth-order valence-corrected chi connectivity index (χ4v) is 2.98. The molecule has 0 aliphatic carbocycles. The standard InChI is InChI=1S/C19H25FN4O2S/c1-6-11(2)14(21-17(26)19(3,4)5)15(25)22-18-24-23-16(27-18)12-7-9-13(20)10-8-12/h7-11,14H,6H2,1-5H3,(H,21,26)(H,22,24,25). The Bertz CT molecular complexity index is 799. The number of carbonyl (C=O) groups excluding carboxylic acids is 2. The molecule has 1 heterocycles. The molecule has 0 spiro atoms. The molecule has 2 aromatic rings. The van der Waals surface area contributed by atoms with Crippen LogP contribution in [0.5, 0.6) is 0 Å². The number of rotatable bonds is 6. The summed E-state index contributed by atoms with van der Waals surface area (Å²) in [6, 6.07) is 5.23. The maximum atomic E-state index is 13.0. The number of nitrogens with zero attached hydrogens (tertiary/aromatic N) is 2. The van der Waals surface area contributed by atoms with Crippen LogP contribution >= 0.6 is 11.3 Å². The van der Waals surface area contributed by atoms with Crippen LogP contribution in [0.25, 0.3) is 10.6 Å². The fourth-order valence-electron chi connectivity index (χ4n) is 2.23. The van der Waals surface area contributed by atoms with Crippen LogP contribution in [-0.2, 0) is 9.59 Å². The molecular weight excluding hydrogens is 367 g/mol. The monoisotopic (exact) mass is 392 g/mol. The van der Waals surface area contributed by atoms with Crippen molar-refractivity contribution >= 4 is 28.3 Å². The third-order valence-corrected chi connectivity index (χ3v) is 5.10. The Labute approximate surface area is 162 Å². The lowest BCUT2D eigenvalue weighted by Gasteiger charge is -2.27. The molecule has 2 amide bonds. The number of nitrogens with one attached hydrogen (secondary N) is 2. The number of hydrogen-bond acceptors (Lipinski definition) is 5. The molecule has 2 atom stereocenters. The van der Waals surface area contributed by atoms with Crippen molar-refractivity contribution in [3.05, 3.63) is 30.1 Å².